The van der Waals surface area contributed by atoms with Crippen LogP contribution in [-0.4, -0.2) is 47.8 Å². The molecular formula is C17H22N2O3S2. The molecule has 0 bridgehead atoms. The van der Waals surface area contributed by atoms with Crippen LogP contribution in [0.25, 0.3) is 10.6 Å². The van der Waals surface area contributed by atoms with Gasteiger partial charge in [-0.2, -0.15) is 11.8 Å². The maximum atomic E-state index is 12.1. The first kappa shape index (κ1) is 18.8. The molecule has 0 fully saturated rings. The summed E-state index contributed by atoms with van der Waals surface area (Å²) in [5.74, 6) is 1.57. The van der Waals surface area contributed by atoms with E-state index < -0.39 is 0 Å². The normalized spacial score (nSPS) is 12.0. The average Bonchev–Trinajstić information content (AvgIpc) is 3.07. The van der Waals surface area contributed by atoms with Crippen molar-refractivity contribution < 1.29 is 14.6 Å². The number of rotatable bonds is 9. The molecule has 5 nitrogen and oxygen atoms in total. The lowest BCUT2D eigenvalue weighted by molar-refractivity contribution is -0.121. The summed E-state index contributed by atoms with van der Waals surface area (Å²) in [6.07, 6.45) is 2.98. The van der Waals surface area contributed by atoms with Crippen molar-refractivity contribution >= 4 is 29.0 Å². The van der Waals surface area contributed by atoms with Crippen molar-refractivity contribution in [3.63, 3.8) is 0 Å². The van der Waals surface area contributed by atoms with E-state index in [4.69, 9.17) is 4.74 Å². The summed E-state index contributed by atoms with van der Waals surface area (Å²) in [6.45, 7) is -0.0432. The number of aliphatic hydroxyl groups excluding tert-OH is 1. The first-order valence-corrected chi connectivity index (χ1v) is 9.91. The first-order chi connectivity index (χ1) is 11.7. The van der Waals surface area contributed by atoms with E-state index in [-0.39, 0.29) is 25.0 Å². The Hall–Kier alpha value is -1.57. The zero-order chi connectivity index (χ0) is 17.4. The van der Waals surface area contributed by atoms with Crippen LogP contribution < -0.4 is 10.1 Å². The minimum atomic E-state index is -0.193. The zero-order valence-corrected chi connectivity index (χ0v) is 15.5. The van der Waals surface area contributed by atoms with Crippen LogP contribution in [0.5, 0.6) is 5.75 Å². The highest BCUT2D eigenvalue weighted by Crippen LogP contribution is 2.26. The number of thioether (sulfide) groups is 1. The SMILES string of the molecule is COc1cccc(-c2nc(CC(=O)N[C@H](CO)CCSC)cs2)c1. The van der Waals surface area contributed by atoms with Crippen LogP contribution in [0.15, 0.2) is 29.6 Å². The summed E-state index contributed by atoms with van der Waals surface area (Å²) in [4.78, 5) is 16.6. The van der Waals surface area contributed by atoms with Gasteiger partial charge in [-0.15, -0.1) is 11.3 Å². The van der Waals surface area contributed by atoms with Crippen LogP contribution in [0.2, 0.25) is 0 Å². The Morgan fingerprint density at radius 2 is 2.33 bits per heavy atom. The number of methoxy groups -OCH3 is 1. The number of hydrogen-bond acceptors (Lipinski definition) is 6. The van der Waals surface area contributed by atoms with Gasteiger partial charge in [0, 0.05) is 10.9 Å². The topological polar surface area (TPSA) is 71.5 Å². The molecule has 1 aromatic carbocycles. The standard InChI is InChI=1S/C17H22N2O3S2/c1-22-15-5-3-4-12(8-15)17-19-14(11-24-17)9-16(21)18-13(10-20)6-7-23-2/h3-5,8,11,13,20H,6-7,9-10H2,1-2H3,(H,18,21)/t13-/m0/s1. The highest BCUT2D eigenvalue weighted by atomic mass is 32.2. The summed E-state index contributed by atoms with van der Waals surface area (Å²) >= 11 is 3.20. The van der Waals surface area contributed by atoms with Crippen molar-refractivity contribution in [2.24, 2.45) is 0 Å². The molecular weight excluding hydrogens is 344 g/mol. The van der Waals surface area contributed by atoms with E-state index in [2.05, 4.69) is 10.3 Å². The number of aliphatic hydroxyl groups is 1. The Morgan fingerprint density at radius 1 is 1.50 bits per heavy atom. The van der Waals surface area contributed by atoms with Crippen LogP contribution >= 0.6 is 23.1 Å². The molecule has 0 aliphatic rings. The number of thiazole rings is 1. The Bertz CT molecular complexity index is 661. The fraction of sp³-hybridized carbons (Fsp3) is 0.412. The van der Waals surface area contributed by atoms with Crippen molar-refractivity contribution in [2.75, 3.05) is 25.7 Å². The summed E-state index contributed by atoms with van der Waals surface area (Å²) in [6, 6.07) is 7.50. The number of hydrogen-bond donors (Lipinski definition) is 2. The van der Waals surface area contributed by atoms with E-state index in [1.165, 1.54) is 11.3 Å². The maximum Gasteiger partial charge on any atom is 0.226 e. The predicted octanol–water partition coefficient (Wildman–Crippen LogP) is 2.59. The van der Waals surface area contributed by atoms with Gasteiger partial charge in [-0.1, -0.05) is 12.1 Å². The van der Waals surface area contributed by atoms with E-state index in [1.54, 1.807) is 18.9 Å². The summed E-state index contributed by atoms with van der Waals surface area (Å²) in [5.41, 5.74) is 1.70. The van der Waals surface area contributed by atoms with Crippen LogP contribution in [0.1, 0.15) is 12.1 Å². The van der Waals surface area contributed by atoms with Crippen LogP contribution in [0.3, 0.4) is 0 Å². The van der Waals surface area contributed by atoms with Gasteiger partial charge >= 0.3 is 0 Å². The van der Waals surface area contributed by atoms with Gasteiger partial charge in [0.2, 0.25) is 5.91 Å². The lowest BCUT2D eigenvalue weighted by Crippen LogP contribution is -2.38. The van der Waals surface area contributed by atoms with E-state index in [0.29, 0.717) is 0 Å². The van der Waals surface area contributed by atoms with Gasteiger partial charge < -0.3 is 15.2 Å². The summed E-state index contributed by atoms with van der Waals surface area (Å²) in [7, 11) is 1.63. The maximum absolute atomic E-state index is 12.1. The molecule has 1 heterocycles. The lowest BCUT2D eigenvalue weighted by atomic mass is 10.2. The van der Waals surface area contributed by atoms with Crippen LogP contribution in [0, 0.1) is 0 Å². The zero-order valence-electron chi connectivity index (χ0n) is 13.8. The largest absolute Gasteiger partial charge is 0.497 e. The van der Waals surface area contributed by atoms with Crippen molar-refractivity contribution in [3.05, 3.63) is 35.3 Å². The molecule has 0 spiro atoms. The molecule has 0 aliphatic heterocycles. The molecule has 0 radical (unpaired) electrons. The fourth-order valence-corrected chi connectivity index (χ4v) is 3.53. The minimum absolute atomic E-state index is 0.0432. The number of nitrogens with zero attached hydrogens (tertiary/aromatic N) is 1. The number of aromatic nitrogens is 1. The van der Waals surface area contributed by atoms with Gasteiger partial charge in [-0.25, -0.2) is 4.98 Å². The van der Waals surface area contributed by atoms with Crippen molar-refractivity contribution in [2.45, 2.75) is 18.9 Å². The number of ether oxygens (including phenoxy) is 1. The number of amides is 1. The van der Waals surface area contributed by atoms with E-state index in [9.17, 15) is 9.90 Å². The average molecular weight is 367 g/mol. The third kappa shape index (κ3) is 5.51. The molecule has 24 heavy (non-hydrogen) atoms. The fourth-order valence-electron chi connectivity index (χ4n) is 2.19. The van der Waals surface area contributed by atoms with E-state index >= 15 is 0 Å². The van der Waals surface area contributed by atoms with Gasteiger partial charge in [0.15, 0.2) is 0 Å². The summed E-state index contributed by atoms with van der Waals surface area (Å²) in [5, 5.41) is 14.9. The quantitative estimate of drug-likeness (QED) is 0.714. The molecule has 130 valence electrons. The number of carbonyl (C=O) groups excluding carboxylic acids is 1. The Labute approximate surface area is 150 Å². The molecule has 0 unspecified atom stereocenters. The highest BCUT2D eigenvalue weighted by molar-refractivity contribution is 7.98. The van der Waals surface area contributed by atoms with Gasteiger partial charge in [0.05, 0.1) is 31.9 Å². The molecule has 2 aromatic rings. The van der Waals surface area contributed by atoms with Crippen molar-refractivity contribution in [1.82, 2.24) is 10.3 Å². The lowest BCUT2D eigenvalue weighted by Gasteiger charge is -2.15. The van der Waals surface area contributed by atoms with Gasteiger partial charge in [0.1, 0.15) is 10.8 Å². The summed E-state index contributed by atoms with van der Waals surface area (Å²) < 4.78 is 5.22. The van der Waals surface area contributed by atoms with E-state index in [1.807, 2.05) is 35.9 Å². The second kappa shape index (κ2) is 9.66. The molecule has 2 rings (SSSR count). The predicted molar refractivity (Wildman–Crippen MR) is 99.8 cm³/mol. The van der Waals surface area contributed by atoms with Crippen molar-refractivity contribution in [1.29, 1.82) is 0 Å². The molecule has 1 aromatic heterocycles. The Kier molecular flexibility index (Phi) is 7.55. The Balaban J connectivity index is 1.96. The van der Waals surface area contributed by atoms with Crippen LogP contribution in [-0.2, 0) is 11.2 Å². The molecule has 0 saturated carbocycles. The highest BCUT2D eigenvalue weighted by Gasteiger charge is 2.13. The molecule has 0 aliphatic carbocycles. The third-order valence-electron chi connectivity index (χ3n) is 3.47. The Morgan fingerprint density at radius 3 is 3.04 bits per heavy atom. The molecule has 0 saturated heterocycles. The first-order valence-electron chi connectivity index (χ1n) is 7.64. The van der Waals surface area contributed by atoms with E-state index in [0.717, 1.165) is 34.2 Å². The second-order valence-corrected chi connectivity index (χ2v) is 7.12. The second-order valence-electron chi connectivity index (χ2n) is 5.28. The van der Waals surface area contributed by atoms with Gasteiger partial charge in [-0.3, -0.25) is 4.79 Å². The molecule has 1 atom stereocenters. The minimum Gasteiger partial charge on any atom is -0.497 e. The van der Waals surface area contributed by atoms with Gasteiger partial charge in [0.25, 0.3) is 0 Å². The number of benzene rings is 1. The molecule has 7 heteroatoms. The van der Waals surface area contributed by atoms with Crippen LogP contribution in [0.4, 0.5) is 0 Å². The third-order valence-corrected chi connectivity index (χ3v) is 5.05. The monoisotopic (exact) mass is 366 g/mol. The van der Waals surface area contributed by atoms with Gasteiger partial charge in [-0.05, 0) is 30.6 Å². The van der Waals surface area contributed by atoms with Crippen molar-refractivity contribution in [3.8, 4) is 16.3 Å². The number of nitrogens with one attached hydrogen (secondary N) is 1. The smallest absolute Gasteiger partial charge is 0.226 e. The molecule has 1 amide bonds. The number of carbonyl (C=O) groups is 1. The molecule has 2 N–H and O–H groups in total.